The first kappa shape index (κ1) is 25.6. The van der Waals surface area contributed by atoms with Crippen molar-refractivity contribution in [3.8, 4) is 0 Å². The summed E-state index contributed by atoms with van der Waals surface area (Å²) >= 11 is 1.70. The highest BCUT2D eigenvalue weighted by atomic mass is 32.2. The van der Waals surface area contributed by atoms with Gasteiger partial charge in [-0.15, -0.1) is 0 Å². The fraction of sp³-hybridized carbons (Fsp3) is 0.462. The monoisotopic (exact) mass is 514 g/mol. The number of aromatic nitrogens is 1. The van der Waals surface area contributed by atoms with E-state index < -0.39 is 10.0 Å². The topological polar surface area (TPSA) is 73.8 Å². The standard InChI is InChI=1S/C26H34N4O3S2/c1-5-11-30(12-6-2)35(32,33)22-9-7-21(8-10-22)25(31)28-13-15-29(16-14-28)26-27-24-20(4)17-19(3)18-23(24)34-26/h7-10,17-18H,5-6,11-16H2,1-4H3. The van der Waals surface area contributed by atoms with E-state index in [-0.39, 0.29) is 10.8 Å². The average molecular weight is 515 g/mol. The van der Waals surface area contributed by atoms with Gasteiger partial charge < -0.3 is 9.80 Å². The summed E-state index contributed by atoms with van der Waals surface area (Å²) in [6.45, 7) is 11.8. The predicted octanol–water partition coefficient (Wildman–Crippen LogP) is 4.69. The van der Waals surface area contributed by atoms with Crippen LogP contribution in [0.25, 0.3) is 10.2 Å². The van der Waals surface area contributed by atoms with E-state index in [1.165, 1.54) is 20.1 Å². The molecule has 0 saturated carbocycles. The van der Waals surface area contributed by atoms with E-state index in [0.29, 0.717) is 31.7 Å². The van der Waals surface area contributed by atoms with Gasteiger partial charge in [-0.2, -0.15) is 4.31 Å². The molecule has 1 amide bonds. The van der Waals surface area contributed by atoms with Crippen LogP contribution in [0.3, 0.4) is 0 Å². The number of nitrogens with zero attached hydrogens (tertiary/aromatic N) is 4. The highest BCUT2D eigenvalue weighted by Gasteiger charge is 2.26. The first-order valence-corrected chi connectivity index (χ1v) is 14.5. The maximum Gasteiger partial charge on any atom is 0.253 e. The van der Waals surface area contributed by atoms with Crippen molar-refractivity contribution in [3.05, 3.63) is 53.1 Å². The van der Waals surface area contributed by atoms with E-state index >= 15 is 0 Å². The first-order valence-electron chi connectivity index (χ1n) is 12.3. The summed E-state index contributed by atoms with van der Waals surface area (Å²) in [6.07, 6.45) is 1.52. The van der Waals surface area contributed by atoms with Gasteiger partial charge in [-0.05, 0) is 68.1 Å². The van der Waals surface area contributed by atoms with Crippen LogP contribution >= 0.6 is 11.3 Å². The second-order valence-electron chi connectivity index (χ2n) is 9.13. The molecule has 0 spiro atoms. The lowest BCUT2D eigenvalue weighted by atomic mass is 10.1. The maximum atomic E-state index is 13.1. The van der Waals surface area contributed by atoms with Crippen LogP contribution in [0.1, 0.15) is 48.2 Å². The molecule has 1 aliphatic heterocycles. The number of benzene rings is 2. The fourth-order valence-electron chi connectivity index (χ4n) is 4.55. The van der Waals surface area contributed by atoms with Crippen molar-refractivity contribution in [3.63, 3.8) is 0 Å². The zero-order valence-electron chi connectivity index (χ0n) is 21.0. The molecule has 35 heavy (non-hydrogen) atoms. The number of aryl methyl sites for hydroxylation is 2. The molecule has 4 rings (SSSR count). The van der Waals surface area contributed by atoms with Crippen molar-refractivity contribution in [2.24, 2.45) is 0 Å². The molecule has 1 aromatic heterocycles. The Morgan fingerprint density at radius 1 is 1.00 bits per heavy atom. The van der Waals surface area contributed by atoms with Crippen LogP contribution < -0.4 is 4.90 Å². The van der Waals surface area contributed by atoms with Gasteiger partial charge in [0, 0.05) is 44.8 Å². The van der Waals surface area contributed by atoms with Gasteiger partial charge in [-0.1, -0.05) is 31.3 Å². The summed E-state index contributed by atoms with van der Waals surface area (Å²) in [5, 5.41) is 0.999. The van der Waals surface area contributed by atoms with Gasteiger partial charge in [0.1, 0.15) is 0 Å². The molecular formula is C26H34N4O3S2. The Labute approximate surface area is 212 Å². The van der Waals surface area contributed by atoms with Crippen molar-refractivity contribution in [1.29, 1.82) is 0 Å². The minimum atomic E-state index is -3.55. The lowest BCUT2D eigenvalue weighted by molar-refractivity contribution is 0.0746. The third-order valence-electron chi connectivity index (χ3n) is 6.34. The SMILES string of the molecule is CCCN(CCC)S(=O)(=O)c1ccc(C(=O)N2CCN(c3nc4c(C)cc(C)cc4s3)CC2)cc1. The Bertz CT molecular complexity index is 1290. The largest absolute Gasteiger partial charge is 0.345 e. The highest BCUT2D eigenvalue weighted by Crippen LogP contribution is 2.32. The molecule has 7 nitrogen and oxygen atoms in total. The van der Waals surface area contributed by atoms with Crippen LogP contribution in [0.4, 0.5) is 5.13 Å². The first-order chi connectivity index (χ1) is 16.7. The second kappa shape index (κ2) is 10.6. The number of anilines is 1. The Kier molecular flexibility index (Phi) is 7.78. The summed E-state index contributed by atoms with van der Waals surface area (Å²) in [4.78, 5) is 22.3. The summed E-state index contributed by atoms with van der Waals surface area (Å²) in [6, 6.07) is 10.7. The van der Waals surface area contributed by atoms with Gasteiger partial charge in [0.05, 0.1) is 15.1 Å². The second-order valence-corrected chi connectivity index (χ2v) is 12.1. The van der Waals surface area contributed by atoms with Crippen LogP contribution in [0, 0.1) is 13.8 Å². The number of amides is 1. The maximum absolute atomic E-state index is 13.1. The Morgan fingerprint density at radius 2 is 1.63 bits per heavy atom. The quantitative estimate of drug-likeness (QED) is 0.436. The zero-order valence-corrected chi connectivity index (χ0v) is 22.6. The molecule has 1 fully saturated rings. The number of thiazole rings is 1. The van der Waals surface area contributed by atoms with E-state index in [4.69, 9.17) is 4.98 Å². The Morgan fingerprint density at radius 3 is 2.23 bits per heavy atom. The van der Waals surface area contributed by atoms with Gasteiger partial charge >= 0.3 is 0 Å². The van der Waals surface area contributed by atoms with E-state index in [9.17, 15) is 13.2 Å². The number of fused-ring (bicyclic) bond motifs is 1. The van der Waals surface area contributed by atoms with Crippen molar-refractivity contribution in [2.45, 2.75) is 45.4 Å². The number of piperazine rings is 1. The van der Waals surface area contributed by atoms with Gasteiger partial charge in [0.25, 0.3) is 5.91 Å². The number of hydrogen-bond donors (Lipinski definition) is 0. The third kappa shape index (κ3) is 5.37. The molecule has 0 N–H and O–H groups in total. The Balaban J connectivity index is 1.42. The molecule has 0 aliphatic carbocycles. The van der Waals surface area contributed by atoms with Crippen LogP contribution in [-0.2, 0) is 10.0 Å². The highest BCUT2D eigenvalue weighted by molar-refractivity contribution is 7.89. The van der Waals surface area contributed by atoms with Crippen LogP contribution in [0.5, 0.6) is 0 Å². The van der Waals surface area contributed by atoms with Gasteiger partial charge in [0.2, 0.25) is 10.0 Å². The molecule has 188 valence electrons. The number of sulfonamides is 1. The van der Waals surface area contributed by atoms with Gasteiger partial charge in [-0.25, -0.2) is 13.4 Å². The lowest BCUT2D eigenvalue weighted by Gasteiger charge is -2.34. The molecule has 0 bridgehead atoms. The Hall–Kier alpha value is -2.49. The molecule has 1 saturated heterocycles. The molecule has 0 unspecified atom stereocenters. The lowest BCUT2D eigenvalue weighted by Crippen LogP contribution is -2.48. The summed E-state index contributed by atoms with van der Waals surface area (Å²) in [7, 11) is -3.55. The average Bonchev–Trinajstić information content (AvgIpc) is 3.28. The van der Waals surface area contributed by atoms with Gasteiger partial charge in [0.15, 0.2) is 5.13 Å². The number of rotatable bonds is 8. The van der Waals surface area contributed by atoms with Crippen molar-refractivity contribution < 1.29 is 13.2 Å². The summed E-state index contributed by atoms with van der Waals surface area (Å²) in [5.74, 6) is -0.0664. The van der Waals surface area contributed by atoms with Crippen LogP contribution in [0.2, 0.25) is 0 Å². The summed E-state index contributed by atoms with van der Waals surface area (Å²) < 4.78 is 28.7. The van der Waals surface area contributed by atoms with Crippen molar-refractivity contribution in [1.82, 2.24) is 14.2 Å². The van der Waals surface area contributed by atoms with Gasteiger partial charge in [-0.3, -0.25) is 4.79 Å². The molecule has 2 heterocycles. The zero-order chi connectivity index (χ0) is 25.2. The fourth-order valence-corrected chi connectivity index (χ4v) is 7.36. The van der Waals surface area contributed by atoms with Crippen molar-refractivity contribution in [2.75, 3.05) is 44.2 Å². The van der Waals surface area contributed by atoms with Crippen LogP contribution in [-0.4, -0.2) is 67.8 Å². The summed E-state index contributed by atoms with van der Waals surface area (Å²) in [5.41, 5.74) is 4.00. The van der Waals surface area contributed by atoms with E-state index in [1.54, 1.807) is 35.6 Å². The minimum Gasteiger partial charge on any atom is -0.345 e. The van der Waals surface area contributed by atoms with E-state index in [1.807, 2.05) is 18.7 Å². The number of carbonyl (C=O) groups excluding carboxylic acids is 1. The van der Waals surface area contributed by atoms with Crippen molar-refractivity contribution >= 4 is 42.6 Å². The van der Waals surface area contributed by atoms with Crippen LogP contribution in [0.15, 0.2) is 41.3 Å². The number of hydrogen-bond acceptors (Lipinski definition) is 6. The molecular weight excluding hydrogens is 480 g/mol. The molecule has 0 atom stereocenters. The third-order valence-corrected chi connectivity index (χ3v) is 9.32. The normalized spacial score (nSPS) is 14.8. The molecule has 2 aromatic carbocycles. The molecule has 9 heteroatoms. The molecule has 0 radical (unpaired) electrons. The molecule has 3 aromatic rings. The van der Waals surface area contributed by atoms with E-state index in [0.717, 1.165) is 36.6 Å². The predicted molar refractivity (Wildman–Crippen MR) is 143 cm³/mol. The number of carbonyl (C=O) groups is 1. The van der Waals surface area contributed by atoms with E-state index in [2.05, 4.69) is 30.9 Å². The molecule has 1 aliphatic rings. The smallest absolute Gasteiger partial charge is 0.253 e. The minimum absolute atomic E-state index is 0.0664.